The van der Waals surface area contributed by atoms with Gasteiger partial charge >= 0.3 is 0 Å². The Labute approximate surface area is 218 Å². The minimum absolute atomic E-state index is 0.00107. The summed E-state index contributed by atoms with van der Waals surface area (Å²) in [6.07, 6.45) is 4.78. The summed E-state index contributed by atoms with van der Waals surface area (Å²) < 4.78 is 36.4. The van der Waals surface area contributed by atoms with Crippen LogP contribution in [-0.4, -0.2) is 60.7 Å². The summed E-state index contributed by atoms with van der Waals surface area (Å²) in [7, 11) is 1.75. The SMILES string of the molecule is CC(=O)N(C)CCn1cc([C@@H]2C[C@H](c3nc(-c4ccc(F)cc4F)c4nc(C)c(C)nc4n3)CCO2)cn1. The number of nitrogens with zero attached hydrogens (tertiary/aromatic N) is 7. The molecule has 11 heteroatoms. The lowest BCUT2D eigenvalue weighted by molar-refractivity contribution is -0.127. The van der Waals surface area contributed by atoms with Gasteiger partial charge in [0.15, 0.2) is 5.65 Å². The number of carbonyl (C=O) groups is 1. The Morgan fingerprint density at radius 3 is 2.71 bits per heavy atom. The summed E-state index contributed by atoms with van der Waals surface area (Å²) in [6.45, 7) is 6.82. The maximum Gasteiger partial charge on any atom is 0.219 e. The van der Waals surface area contributed by atoms with E-state index in [0.717, 1.165) is 17.3 Å². The number of hydrogen-bond donors (Lipinski definition) is 0. The Hall–Kier alpha value is -3.86. The Morgan fingerprint density at radius 1 is 1.16 bits per heavy atom. The van der Waals surface area contributed by atoms with Gasteiger partial charge in [0, 0.05) is 56.4 Å². The monoisotopic (exact) mass is 521 g/mol. The highest BCUT2D eigenvalue weighted by molar-refractivity contribution is 5.87. The molecule has 0 bridgehead atoms. The second-order valence-electron chi connectivity index (χ2n) is 9.68. The molecule has 0 unspecified atom stereocenters. The van der Waals surface area contributed by atoms with E-state index in [-0.39, 0.29) is 23.5 Å². The van der Waals surface area contributed by atoms with E-state index in [0.29, 0.717) is 60.9 Å². The van der Waals surface area contributed by atoms with Crippen molar-refractivity contribution in [3.8, 4) is 11.3 Å². The molecule has 38 heavy (non-hydrogen) atoms. The number of carbonyl (C=O) groups excluding carboxylic acids is 1. The third kappa shape index (κ3) is 5.24. The van der Waals surface area contributed by atoms with Crippen molar-refractivity contribution in [2.45, 2.75) is 52.2 Å². The molecule has 9 nitrogen and oxygen atoms in total. The predicted molar refractivity (Wildman–Crippen MR) is 136 cm³/mol. The molecular formula is C27H29F2N7O2. The number of likely N-dealkylation sites (N-methyl/N-ethyl adjacent to an activating group) is 1. The molecule has 3 aromatic heterocycles. The van der Waals surface area contributed by atoms with E-state index in [9.17, 15) is 13.6 Å². The van der Waals surface area contributed by atoms with E-state index in [2.05, 4.69) is 15.1 Å². The van der Waals surface area contributed by atoms with Crippen molar-refractivity contribution >= 4 is 17.1 Å². The fourth-order valence-electron chi connectivity index (χ4n) is 4.52. The molecule has 1 saturated heterocycles. The molecule has 198 valence electrons. The molecule has 1 aromatic carbocycles. The number of hydrogen-bond acceptors (Lipinski definition) is 7. The zero-order valence-electron chi connectivity index (χ0n) is 21.8. The molecule has 0 radical (unpaired) electrons. The van der Waals surface area contributed by atoms with E-state index in [4.69, 9.17) is 14.7 Å². The van der Waals surface area contributed by atoms with Gasteiger partial charge in [-0.3, -0.25) is 9.48 Å². The van der Waals surface area contributed by atoms with Crippen LogP contribution in [-0.2, 0) is 16.1 Å². The van der Waals surface area contributed by atoms with E-state index < -0.39 is 11.6 Å². The highest BCUT2D eigenvalue weighted by Gasteiger charge is 2.29. The van der Waals surface area contributed by atoms with Crippen molar-refractivity contribution in [2.75, 3.05) is 20.2 Å². The zero-order chi connectivity index (χ0) is 27.0. The van der Waals surface area contributed by atoms with Gasteiger partial charge in [-0.25, -0.2) is 28.7 Å². The molecule has 1 amide bonds. The Morgan fingerprint density at radius 2 is 1.95 bits per heavy atom. The second-order valence-corrected chi connectivity index (χ2v) is 9.68. The van der Waals surface area contributed by atoms with Gasteiger partial charge in [-0.1, -0.05) is 0 Å². The fourth-order valence-corrected chi connectivity index (χ4v) is 4.52. The molecule has 1 fully saturated rings. The van der Waals surface area contributed by atoms with Gasteiger partial charge in [0.25, 0.3) is 0 Å². The van der Waals surface area contributed by atoms with Gasteiger partial charge in [0.2, 0.25) is 5.91 Å². The third-order valence-electron chi connectivity index (χ3n) is 7.02. The van der Waals surface area contributed by atoms with Crippen LogP contribution in [0, 0.1) is 25.5 Å². The minimum atomic E-state index is -0.719. The summed E-state index contributed by atoms with van der Waals surface area (Å²) in [5.41, 5.74) is 3.54. The van der Waals surface area contributed by atoms with E-state index >= 15 is 0 Å². The van der Waals surface area contributed by atoms with Crippen LogP contribution in [0.4, 0.5) is 8.78 Å². The highest BCUT2D eigenvalue weighted by Crippen LogP contribution is 2.38. The molecule has 4 aromatic rings. The van der Waals surface area contributed by atoms with Crippen molar-refractivity contribution in [2.24, 2.45) is 0 Å². The number of halogens is 2. The van der Waals surface area contributed by atoms with Crippen LogP contribution in [0.5, 0.6) is 0 Å². The Balaban J connectivity index is 1.46. The summed E-state index contributed by atoms with van der Waals surface area (Å²) >= 11 is 0. The van der Waals surface area contributed by atoms with Crippen LogP contribution in [0.2, 0.25) is 0 Å². The van der Waals surface area contributed by atoms with Crippen LogP contribution < -0.4 is 0 Å². The van der Waals surface area contributed by atoms with Gasteiger partial charge in [-0.15, -0.1) is 0 Å². The van der Waals surface area contributed by atoms with E-state index in [1.165, 1.54) is 19.1 Å². The summed E-state index contributed by atoms with van der Waals surface area (Å²) in [5.74, 6) is -0.929. The maximum absolute atomic E-state index is 14.9. The van der Waals surface area contributed by atoms with Crippen LogP contribution in [0.1, 0.15) is 54.6 Å². The lowest BCUT2D eigenvalue weighted by Gasteiger charge is -2.28. The zero-order valence-corrected chi connectivity index (χ0v) is 21.8. The number of aryl methyl sites for hydroxylation is 2. The molecular weight excluding hydrogens is 492 g/mol. The van der Waals surface area contributed by atoms with E-state index in [1.54, 1.807) is 22.8 Å². The van der Waals surface area contributed by atoms with Gasteiger partial charge in [0.05, 0.1) is 30.2 Å². The van der Waals surface area contributed by atoms with Gasteiger partial charge < -0.3 is 9.64 Å². The number of benzene rings is 1. The topological polar surface area (TPSA) is 98.9 Å². The highest BCUT2D eigenvalue weighted by atomic mass is 19.1. The van der Waals surface area contributed by atoms with Crippen molar-refractivity contribution in [3.63, 3.8) is 0 Å². The lowest BCUT2D eigenvalue weighted by atomic mass is 9.92. The van der Waals surface area contributed by atoms with Crippen LogP contribution in [0.25, 0.3) is 22.4 Å². The van der Waals surface area contributed by atoms with Crippen molar-refractivity contribution in [1.82, 2.24) is 34.6 Å². The largest absolute Gasteiger partial charge is 0.373 e. The first-order valence-corrected chi connectivity index (χ1v) is 12.5. The predicted octanol–water partition coefficient (Wildman–Crippen LogP) is 4.29. The lowest BCUT2D eigenvalue weighted by Crippen LogP contribution is -2.27. The van der Waals surface area contributed by atoms with Gasteiger partial charge in [0.1, 0.15) is 28.7 Å². The molecule has 4 heterocycles. The summed E-state index contributed by atoms with van der Waals surface area (Å²) in [6, 6.07) is 3.42. The molecule has 0 N–H and O–H groups in total. The van der Waals surface area contributed by atoms with Crippen molar-refractivity contribution in [3.05, 3.63) is 65.0 Å². The summed E-state index contributed by atoms with van der Waals surface area (Å²) in [4.78, 5) is 31.8. The molecule has 1 aliphatic rings. The number of amides is 1. The summed E-state index contributed by atoms with van der Waals surface area (Å²) in [5, 5.41) is 4.43. The average Bonchev–Trinajstić information content (AvgIpc) is 3.37. The molecule has 0 spiro atoms. The number of fused-ring (bicyclic) bond motifs is 1. The quantitative estimate of drug-likeness (QED) is 0.373. The number of ether oxygens (including phenoxy) is 1. The Bertz CT molecular complexity index is 1510. The minimum Gasteiger partial charge on any atom is -0.373 e. The van der Waals surface area contributed by atoms with Gasteiger partial charge in [-0.05, 0) is 38.8 Å². The number of rotatable bonds is 6. The molecule has 2 atom stereocenters. The first-order valence-electron chi connectivity index (χ1n) is 12.5. The average molecular weight is 522 g/mol. The smallest absolute Gasteiger partial charge is 0.219 e. The van der Waals surface area contributed by atoms with Crippen LogP contribution in [0.3, 0.4) is 0 Å². The molecule has 0 aliphatic carbocycles. The van der Waals surface area contributed by atoms with Crippen LogP contribution in [0.15, 0.2) is 30.6 Å². The second kappa shape index (κ2) is 10.5. The van der Waals surface area contributed by atoms with Crippen molar-refractivity contribution < 1.29 is 18.3 Å². The normalized spacial score (nSPS) is 17.6. The Kier molecular flexibility index (Phi) is 7.11. The molecule has 1 aliphatic heterocycles. The first kappa shape index (κ1) is 25.8. The fraction of sp³-hybridized carbons (Fsp3) is 0.407. The van der Waals surface area contributed by atoms with E-state index in [1.807, 2.05) is 20.0 Å². The molecule has 0 saturated carbocycles. The molecule has 5 rings (SSSR count). The first-order chi connectivity index (χ1) is 18.2. The number of aromatic nitrogens is 6. The maximum atomic E-state index is 14.9. The standard InChI is InChI=1S/C27H29F2N7O2/c1-15-16(2)32-27-25(31-15)24(21-6-5-20(28)12-22(21)29)33-26(34-27)18-7-10-38-23(11-18)19-13-30-36(14-19)9-8-35(4)17(3)37/h5-6,12-14,18,23H,7-11H2,1-4H3/t18-,23+/m1/s1. The van der Waals surface area contributed by atoms with Crippen LogP contribution >= 0.6 is 0 Å². The van der Waals surface area contributed by atoms with Gasteiger partial charge in [-0.2, -0.15) is 5.10 Å². The van der Waals surface area contributed by atoms with Crippen molar-refractivity contribution in [1.29, 1.82) is 0 Å². The third-order valence-corrected chi connectivity index (χ3v) is 7.02.